The van der Waals surface area contributed by atoms with E-state index in [-0.39, 0.29) is 17.5 Å². The van der Waals surface area contributed by atoms with Crippen LogP contribution in [0.3, 0.4) is 0 Å². The predicted octanol–water partition coefficient (Wildman–Crippen LogP) is 0.832. The summed E-state index contributed by atoms with van der Waals surface area (Å²) in [6.07, 6.45) is 1.30. The van der Waals surface area contributed by atoms with Gasteiger partial charge in [0.25, 0.3) is 0 Å². The molecule has 1 aliphatic rings. The van der Waals surface area contributed by atoms with Gasteiger partial charge < -0.3 is 4.90 Å². The van der Waals surface area contributed by atoms with Gasteiger partial charge in [-0.3, -0.25) is 4.79 Å². The normalized spacial score (nSPS) is 22.2. The van der Waals surface area contributed by atoms with Gasteiger partial charge in [0, 0.05) is 12.6 Å². The lowest BCUT2D eigenvalue weighted by molar-refractivity contribution is -0.120. The molecule has 0 bridgehead atoms. The molecule has 1 atom stereocenters. The minimum atomic E-state index is -2.94. The molecule has 17 heavy (non-hydrogen) atoms. The molecule has 0 N–H and O–H groups in total. The molecule has 92 valence electrons. The Labute approximate surface area is 101 Å². The first-order chi connectivity index (χ1) is 8.11. The van der Waals surface area contributed by atoms with Crippen LogP contribution in [0.5, 0.6) is 0 Å². The molecule has 5 heteroatoms. The summed E-state index contributed by atoms with van der Waals surface area (Å²) >= 11 is 0. The molecule has 0 radical (unpaired) electrons. The summed E-state index contributed by atoms with van der Waals surface area (Å²) in [5.41, 5.74) is 1.02. The van der Waals surface area contributed by atoms with Crippen molar-refractivity contribution in [1.29, 1.82) is 0 Å². The topological polar surface area (TPSA) is 54.5 Å². The van der Waals surface area contributed by atoms with Gasteiger partial charge in [0.1, 0.15) is 0 Å². The number of hydrogen-bond donors (Lipinski definition) is 0. The van der Waals surface area contributed by atoms with Crippen LogP contribution in [-0.2, 0) is 21.2 Å². The second-order valence-electron chi connectivity index (χ2n) is 4.32. The van der Waals surface area contributed by atoms with E-state index in [0.29, 0.717) is 13.0 Å². The molecular formula is C12H15NO3S. The maximum Gasteiger partial charge on any atom is 0.210 e. The van der Waals surface area contributed by atoms with Gasteiger partial charge in [-0.25, -0.2) is 8.42 Å². The molecule has 1 unspecified atom stereocenters. The first kappa shape index (κ1) is 12.1. The molecule has 0 spiro atoms. The van der Waals surface area contributed by atoms with Gasteiger partial charge in [0.15, 0.2) is 9.84 Å². The molecule has 1 aliphatic heterocycles. The van der Waals surface area contributed by atoms with Gasteiger partial charge in [-0.1, -0.05) is 30.3 Å². The van der Waals surface area contributed by atoms with Crippen LogP contribution < -0.4 is 0 Å². The van der Waals surface area contributed by atoms with Gasteiger partial charge in [-0.05, 0) is 12.0 Å². The van der Waals surface area contributed by atoms with E-state index in [1.165, 1.54) is 0 Å². The zero-order chi connectivity index (χ0) is 12.3. The minimum absolute atomic E-state index is 0.0958. The average Bonchev–Trinajstić information content (AvgIpc) is 2.68. The van der Waals surface area contributed by atoms with Crippen LogP contribution >= 0.6 is 0 Å². The summed E-state index contributed by atoms with van der Waals surface area (Å²) in [4.78, 5) is 12.6. The van der Waals surface area contributed by atoms with Crippen molar-refractivity contribution in [3.05, 3.63) is 35.9 Å². The second-order valence-corrected chi connectivity index (χ2v) is 6.55. The third-order valence-electron chi connectivity index (χ3n) is 3.02. The summed E-state index contributed by atoms with van der Waals surface area (Å²) in [7, 11) is -2.94. The molecule has 0 aromatic heterocycles. The lowest BCUT2D eigenvalue weighted by atomic mass is 10.1. The van der Waals surface area contributed by atoms with Gasteiger partial charge in [0.2, 0.25) is 6.41 Å². The third kappa shape index (κ3) is 3.06. The van der Waals surface area contributed by atoms with Gasteiger partial charge in [-0.15, -0.1) is 0 Å². The summed E-state index contributed by atoms with van der Waals surface area (Å²) in [5.74, 6) is 0.287. The standard InChI is InChI=1S/C12H15NO3S/c14-10-13(8-11-4-2-1-3-5-11)12-6-7-17(15,16)9-12/h1-5,10,12H,6-9H2. The Morgan fingerprint density at radius 2 is 2.00 bits per heavy atom. The van der Waals surface area contributed by atoms with E-state index in [9.17, 15) is 13.2 Å². The van der Waals surface area contributed by atoms with Crippen LogP contribution in [0, 0.1) is 0 Å². The van der Waals surface area contributed by atoms with E-state index < -0.39 is 9.84 Å². The molecule has 2 rings (SSSR count). The number of benzene rings is 1. The van der Waals surface area contributed by atoms with Crippen molar-refractivity contribution in [1.82, 2.24) is 4.90 Å². The summed E-state index contributed by atoms with van der Waals surface area (Å²) < 4.78 is 22.7. The number of amides is 1. The monoisotopic (exact) mass is 253 g/mol. The highest BCUT2D eigenvalue weighted by Gasteiger charge is 2.31. The van der Waals surface area contributed by atoms with Gasteiger partial charge >= 0.3 is 0 Å². The maximum absolute atomic E-state index is 11.4. The van der Waals surface area contributed by atoms with Crippen molar-refractivity contribution >= 4 is 16.2 Å². The van der Waals surface area contributed by atoms with E-state index in [4.69, 9.17) is 0 Å². The highest BCUT2D eigenvalue weighted by atomic mass is 32.2. The first-order valence-electron chi connectivity index (χ1n) is 5.56. The lowest BCUT2D eigenvalue weighted by Gasteiger charge is -2.23. The molecule has 1 fully saturated rings. The zero-order valence-electron chi connectivity index (χ0n) is 9.45. The number of carbonyl (C=O) groups excluding carboxylic acids is 1. The quantitative estimate of drug-likeness (QED) is 0.747. The summed E-state index contributed by atoms with van der Waals surface area (Å²) in [5, 5.41) is 0. The number of nitrogens with zero attached hydrogens (tertiary/aromatic N) is 1. The zero-order valence-corrected chi connectivity index (χ0v) is 10.3. The molecule has 1 aromatic carbocycles. The number of hydrogen-bond acceptors (Lipinski definition) is 3. The van der Waals surface area contributed by atoms with E-state index >= 15 is 0 Å². The lowest BCUT2D eigenvalue weighted by Crippen LogP contribution is -2.34. The maximum atomic E-state index is 11.4. The van der Waals surface area contributed by atoms with Crippen molar-refractivity contribution in [3.8, 4) is 0 Å². The molecule has 4 nitrogen and oxygen atoms in total. The molecule has 0 saturated carbocycles. The fourth-order valence-electron chi connectivity index (χ4n) is 2.08. The summed E-state index contributed by atoms with van der Waals surface area (Å²) in [6, 6.07) is 9.42. The Balaban J connectivity index is 2.06. The molecule has 1 aromatic rings. The van der Waals surface area contributed by atoms with Crippen molar-refractivity contribution in [2.45, 2.75) is 19.0 Å². The van der Waals surface area contributed by atoms with Gasteiger partial charge in [0.05, 0.1) is 11.5 Å². The van der Waals surface area contributed by atoms with Crippen LogP contribution in [0.1, 0.15) is 12.0 Å². The predicted molar refractivity (Wildman–Crippen MR) is 65.1 cm³/mol. The Bertz CT molecular complexity index is 484. The van der Waals surface area contributed by atoms with Crippen LogP contribution in [0.15, 0.2) is 30.3 Å². The van der Waals surface area contributed by atoms with E-state index in [1.807, 2.05) is 30.3 Å². The SMILES string of the molecule is O=CN(Cc1ccccc1)C1CCS(=O)(=O)C1. The molecule has 0 aliphatic carbocycles. The highest BCUT2D eigenvalue weighted by Crippen LogP contribution is 2.18. The molecule has 1 heterocycles. The Kier molecular flexibility index (Phi) is 3.47. The highest BCUT2D eigenvalue weighted by molar-refractivity contribution is 7.91. The van der Waals surface area contributed by atoms with Crippen molar-refractivity contribution in [2.75, 3.05) is 11.5 Å². The van der Waals surface area contributed by atoms with E-state index in [2.05, 4.69) is 0 Å². The van der Waals surface area contributed by atoms with Crippen LogP contribution in [0.4, 0.5) is 0 Å². The minimum Gasteiger partial charge on any atom is -0.337 e. The Morgan fingerprint density at radius 1 is 1.29 bits per heavy atom. The average molecular weight is 253 g/mol. The largest absolute Gasteiger partial charge is 0.337 e. The summed E-state index contributed by atoms with van der Waals surface area (Å²) in [6.45, 7) is 0.477. The third-order valence-corrected chi connectivity index (χ3v) is 4.77. The fraction of sp³-hybridized carbons (Fsp3) is 0.417. The number of rotatable bonds is 4. The number of sulfone groups is 1. The molecule has 1 amide bonds. The van der Waals surface area contributed by atoms with E-state index in [0.717, 1.165) is 12.0 Å². The first-order valence-corrected chi connectivity index (χ1v) is 7.38. The number of carbonyl (C=O) groups is 1. The van der Waals surface area contributed by atoms with Crippen molar-refractivity contribution < 1.29 is 13.2 Å². The Hall–Kier alpha value is -1.36. The van der Waals surface area contributed by atoms with Crippen LogP contribution in [-0.4, -0.2) is 37.3 Å². The van der Waals surface area contributed by atoms with Gasteiger partial charge in [-0.2, -0.15) is 0 Å². The van der Waals surface area contributed by atoms with Crippen molar-refractivity contribution in [2.24, 2.45) is 0 Å². The molecule has 1 saturated heterocycles. The van der Waals surface area contributed by atoms with Crippen LogP contribution in [0.25, 0.3) is 0 Å². The second kappa shape index (κ2) is 4.87. The molecular weight excluding hydrogens is 238 g/mol. The Morgan fingerprint density at radius 3 is 2.53 bits per heavy atom. The van der Waals surface area contributed by atoms with Crippen LogP contribution in [0.2, 0.25) is 0 Å². The van der Waals surface area contributed by atoms with E-state index in [1.54, 1.807) is 4.90 Å². The van der Waals surface area contributed by atoms with Crippen molar-refractivity contribution in [3.63, 3.8) is 0 Å². The fourth-order valence-corrected chi connectivity index (χ4v) is 3.83. The smallest absolute Gasteiger partial charge is 0.210 e.